The molecule has 0 radical (unpaired) electrons. The number of hydrogen-bond donors (Lipinski definition) is 1. The van der Waals surface area contributed by atoms with E-state index in [1.165, 1.54) is 0 Å². The number of carboxylic acids is 1. The van der Waals surface area contributed by atoms with Gasteiger partial charge in [-0.05, 0) is 53.9 Å². The number of carboxylic acid groups (broad SMARTS) is 1. The summed E-state index contributed by atoms with van der Waals surface area (Å²) in [5.41, 5.74) is 0.619. The van der Waals surface area contributed by atoms with Crippen molar-refractivity contribution in [1.29, 1.82) is 0 Å². The number of amides is 2. The van der Waals surface area contributed by atoms with Crippen LogP contribution < -0.4 is 14.2 Å². The van der Waals surface area contributed by atoms with Crippen molar-refractivity contribution in [2.24, 2.45) is 0 Å². The van der Waals surface area contributed by atoms with Crippen molar-refractivity contribution in [3.05, 3.63) is 71.1 Å². The smallest absolute Gasteiger partial charge is 0.341 e. The number of hydrogen-bond acceptors (Lipinski definition) is 7. The van der Waals surface area contributed by atoms with Gasteiger partial charge in [0.25, 0.3) is 11.1 Å². The zero-order valence-corrected chi connectivity index (χ0v) is 19.7. The Bertz CT molecular complexity index is 1300. The molecular formula is C26H23NO7S. The highest BCUT2D eigenvalue weighted by atomic mass is 32.2. The average molecular weight is 494 g/mol. The molecule has 3 aromatic carbocycles. The second kappa shape index (κ2) is 11.0. The minimum Gasteiger partial charge on any atom is -0.491 e. The van der Waals surface area contributed by atoms with Crippen LogP contribution in [0.1, 0.15) is 12.5 Å². The van der Waals surface area contributed by atoms with E-state index in [-0.39, 0.29) is 29.0 Å². The van der Waals surface area contributed by atoms with E-state index in [2.05, 4.69) is 0 Å². The summed E-state index contributed by atoms with van der Waals surface area (Å²) in [5.74, 6) is -0.171. The van der Waals surface area contributed by atoms with Gasteiger partial charge in [-0.15, -0.1) is 0 Å². The fourth-order valence-corrected chi connectivity index (χ4v) is 4.42. The lowest BCUT2D eigenvalue weighted by Gasteiger charge is -2.14. The molecule has 1 aliphatic rings. The second-order valence-electron chi connectivity index (χ2n) is 7.48. The molecule has 1 N–H and O–H groups in total. The van der Waals surface area contributed by atoms with Gasteiger partial charge >= 0.3 is 5.97 Å². The van der Waals surface area contributed by atoms with Crippen molar-refractivity contribution in [3.63, 3.8) is 0 Å². The lowest BCUT2D eigenvalue weighted by molar-refractivity contribution is -0.139. The Morgan fingerprint density at radius 1 is 0.971 bits per heavy atom. The molecule has 0 atom stereocenters. The van der Waals surface area contributed by atoms with Crippen LogP contribution in [0.5, 0.6) is 17.2 Å². The van der Waals surface area contributed by atoms with Gasteiger partial charge in [0.15, 0.2) is 18.1 Å². The van der Waals surface area contributed by atoms with E-state index in [1.54, 1.807) is 31.2 Å². The number of carbonyl (C=O) groups is 3. The number of aliphatic carboxylic acids is 1. The highest BCUT2D eigenvalue weighted by molar-refractivity contribution is 8.18. The van der Waals surface area contributed by atoms with Crippen LogP contribution >= 0.6 is 11.8 Å². The molecule has 0 bridgehead atoms. The van der Waals surface area contributed by atoms with E-state index in [9.17, 15) is 14.4 Å². The summed E-state index contributed by atoms with van der Waals surface area (Å²) < 4.78 is 16.7. The number of fused-ring (bicyclic) bond motifs is 1. The number of imide groups is 1. The Kier molecular flexibility index (Phi) is 7.57. The van der Waals surface area contributed by atoms with Crippen LogP contribution in [0.15, 0.2) is 65.6 Å². The standard InChI is InChI=1S/C26H23NO7S/c1-2-32-22-14-17(10-11-21(22)34-16-24(28)29)15-23-25(30)27(26(31)35-23)12-13-33-20-9-5-7-18-6-3-4-8-19(18)20/h3-11,14-15H,2,12-13,16H2,1H3,(H,28,29)/b23-15-. The highest BCUT2D eigenvalue weighted by Crippen LogP contribution is 2.35. The van der Waals surface area contributed by atoms with Gasteiger partial charge in [-0.25, -0.2) is 4.79 Å². The minimum atomic E-state index is -1.10. The molecule has 1 heterocycles. The third kappa shape index (κ3) is 5.75. The van der Waals surface area contributed by atoms with E-state index in [4.69, 9.17) is 19.3 Å². The van der Waals surface area contributed by atoms with Gasteiger partial charge in [0.2, 0.25) is 0 Å². The number of nitrogens with zero attached hydrogens (tertiary/aromatic N) is 1. The number of ether oxygens (including phenoxy) is 3. The summed E-state index contributed by atoms with van der Waals surface area (Å²) >= 11 is 0.856. The van der Waals surface area contributed by atoms with Crippen LogP contribution in [-0.2, 0) is 9.59 Å². The van der Waals surface area contributed by atoms with Crippen molar-refractivity contribution in [3.8, 4) is 17.2 Å². The minimum absolute atomic E-state index is 0.122. The van der Waals surface area contributed by atoms with Crippen molar-refractivity contribution in [1.82, 2.24) is 4.90 Å². The molecule has 180 valence electrons. The van der Waals surface area contributed by atoms with Crippen molar-refractivity contribution < 1.29 is 33.7 Å². The SMILES string of the molecule is CCOc1cc(/C=C2\SC(=O)N(CCOc3cccc4ccccc34)C2=O)ccc1OCC(=O)O. The summed E-state index contributed by atoms with van der Waals surface area (Å²) in [7, 11) is 0. The quantitative estimate of drug-likeness (QED) is 0.401. The highest BCUT2D eigenvalue weighted by Gasteiger charge is 2.34. The predicted octanol–water partition coefficient (Wildman–Crippen LogP) is 4.82. The molecule has 0 aliphatic carbocycles. The summed E-state index contributed by atoms with van der Waals surface area (Å²) in [6.45, 7) is 1.93. The number of benzene rings is 3. The molecule has 0 saturated carbocycles. The van der Waals surface area contributed by atoms with Gasteiger partial charge in [-0.2, -0.15) is 0 Å². The normalized spacial score (nSPS) is 14.5. The van der Waals surface area contributed by atoms with E-state index in [0.717, 1.165) is 27.4 Å². The predicted molar refractivity (Wildman–Crippen MR) is 133 cm³/mol. The molecule has 3 aromatic rings. The molecule has 9 heteroatoms. The largest absolute Gasteiger partial charge is 0.491 e. The Hall–Kier alpha value is -3.98. The Labute approximate surface area is 206 Å². The van der Waals surface area contributed by atoms with Crippen LogP contribution in [0, 0.1) is 0 Å². The molecule has 0 spiro atoms. The van der Waals surface area contributed by atoms with Crippen LogP contribution in [-0.4, -0.2) is 53.5 Å². The fraction of sp³-hybridized carbons (Fsp3) is 0.192. The molecule has 2 amide bonds. The Morgan fingerprint density at radius 3 is 2.57 bits per heavy atom. The van der Waals surface area contributed by atoms with E-state index in [0.29, 0.717) is 23.7 Å². The zero-order chi connectivity index (χ0) is 24.8. The Balaban J connectivity index is 1.43. The second-order valence-corrected chi connectivity index (χ2v) is 8.47. The van der Waals surface area contributed by atoms with Crippen molar-refractivity contribution >= 4 is 45.7 Å². The van der Waals surface area contributed by atoms with Crippen molar-refractivity contribution in [2.45, 2.75) is 6.92 Å². The van der Waals surface area contributed by atoms with Crippen LogP contribution in [0.25, 0.3) is 16.8 Å². The molecule has 1 fully saturated rings. The van der Waals surface area contributed by atoms with Gasteiger partial charge < -0.3 is 19.3 Å². The first kappa shape index (κ1) is 24.2. The molecule has 8 nitrogen and oxygen atoms in total. The monoisotopic (exact) mass is 493 g/mol. The van der Waals surface area contributed by atoms with Crippen LogP contribution in [0.2, 0.25) is 0 Å². The van der Waals surface area contributed by atoms with Crippen molar-refractivity contribution in [2.75, 3.05) is 26.4 Å². The van der Waals surface area contributed by atoms with Gasteiger partial charge in [0.05, 0.1) is 18.1 Å². The maximum Gasteiger partial charge on any atom is 0.341 e. The first-order valence-corrected chi connectivity index (χ1v) is 11.7. The van der Waals surface area contributed by atoms with Crippen LogP contribution in [0.4, 0.5) is 4.79 Å². The molecule has 0 aromatic heterocycles. The maximum atomic E-state index is 12.9. The maximum absolute atomic E-state index is 12.9. The molecule has 1 saturated heterocycles. The Morgan fingerprint density at radius 2 is 1.77 bits per heavy atom. The molecular weight excluding hydrogens is 470 g/mol. The van der Waals surface area contributed by atoms with E-state index < -0.39 is 18.5 Å². The first-order valence-electron chi connectivity index (χ1n) is 10.9. The molecule has 35 heavy (non-hydrogen) atoms. The first-order chi connectivity index (χ1) is 17.0. The van der Waals surface area contributed by atoms with Gasteiger partial charge in [0, 0.05) is 5.39 Å². The summed E-state index contributed by atoms with van der Waals surface area (Å²) in [6.07, 6.45) is 1.60. The number of thioether (sulfide) groups is 1. The zero-order valence-electron chi connectivity index (χ0n) is 18.9. The third-order valence-electron chi connectivity index (χ3n) is 5.11. The molecule has 0 unspecified atom stereocenters. The lowest BCUT2D eigenvalue weighted by atomic mass is 10.1. The van der Waals surface area contributed by atoms with Gasteiger partial charge in [0.1, 0.15) is 12.4 Å². The molecule has 1 aliphatic heterocycles. The summed E-state index contributed by atoms with van der Waals surface area (Å²) in [5, 5.41) is 10.5. The molecule has 4 rings (SSSR count). The summed E-state index contributed by atoms with van der Waals surface area (Å²) in [4.78, 5) is 37.6. The third-order valence-corrected chi connectivity index (χ3v) is 6.02. The van der Waals surface area contributed by atoms with E-state index >= 15 is 0 Å². The number of rotatable bonds is 10. The fourth-order valence-electron chi connectivity index (χ4n) is 3.55. The van der Waals surface area contributed by atoms with E-state index in [1.807, 2.05) is 42.5 Å². The lowest BCUT2D eigenvalue weighted by Crippen LogP contribution is -2.32. The topological polar surface area (TPSA) is 102 Å². The van der Waals surface area contributed by atoms with Crippen LogP contribution in [0.3, 0.4) is 0 Å². The number of carbonyl (C=O) groups excluding carboxylic acids is 2. The van der Waals surface area contributed by atoms with Gasteiger partial charge in [-0.1, -0.05) is 42.5 Å². The van der Waals surface area contributed by atoms with Gasteiger partial charge in [-0.3, -0.25) is 14.5 Å². The average Bonchev–Trinajstić information content (AvgIpc) is 3.11. The summed E-state index contributed by atoms with van der Waals surface area (Å²) in [6, 6.07) is 18.5.